The van der Waals surface area contributed by atoms with Crippen LogP contribution < -0.4 is 0 Å². The van der Waals surface area contributed by atoms with Crippen LogP contribution in [0, 0.1) is 5.92 Å². The first kappa shape index (κ1) is 14.8. The van der Waals surface area contributed by atoms with Crippen molar-refractivity contribution in [3.8, 4) is 11.3 Å². The van der Waals surface area contributed by atoms with Crippen LogP contribution in [0.4, 0.5) is 0 Å². The number of carbonyl (C=O) groups excluding carboxylic acids is 1. The van der Waals surface area contributed by atoms with E-state index in [2.05, 4.69) is 11.9 Å². The average Bonchev–Trinajstić information content (AvgIpc) is 3.30. The Bertz CT molecular complexity index is 632. The van der Waals surface area contributed by atoms with Crippen LogP contribution in [-0.4, -0.2) is 28.9 Å². The zero-order valence-corrected chi connectivity index (χ0v) is 13.2. The number of amides is 1. The van der Waals surface area contributed by atoms with Gasteiger partial charge in [-0.05, 0) is 25.7 Å². The summed E-state index contributed by atoms with van der Waals surface area (Å²) in [5, 5.41) is 0. The third kappa shape index (κ3) is 3.38. The Kier molecular flexibility index (Phi) is 4.27. The lowest BCUT2D eigenvalue weighted by Gasteiger charge is -2.24. The fraction of sp³-hybridized carbons (Fsp3) is 0.444. The molecule has 1 heterocycles. The Labute approximate surface area is 131 Å². The normalized spacial score (nSPS) is 15.5. The molecular formula is C18H22N2O2. The van der Waals surface area contributed by atoms with Gasteiger partial charge in [0, 0.05) is 31.5 Å². The van der Waals surface area contributed by atoms with Gasteiger partial charge in [-0.1, -0.05) is 30.3 Å². The highest BCUT2D eigenvalue weighted by atomic mass is 16.4. The quantitative estimate of drug-likeness (QED) is 0.819. The summed E-state index contributed by atoms with van der Waals surface area (Å²) in [4.78, 5) is 18.4. The predicted molar refractivity (Wildman–Crippen MR) is 85.2 cm³/mol. The van der Waals surface area contributed by atoms with Crippen molar-refractivity contribution >= 4 is 5.91 Å². The number of oxazole rings is 1. The van der Waals surface area contributed by atoms with Gasteiger partial charge >= 0.3 is 0 Å². The van der Waals surface area contributed by atoms with E-state index in [1.54, 1.807) is 6.20 Å². The summed E-state index contributed by atoms with van der Waals surface area (Å²) in [5.74, 6) is 2.24. The summed E-state index contributed by atoms with van der Waals surface area (Å²) in [5.41, 5.74) is 1.01. The molecule has 1 aromatic heterocycles. The van der Waals surface area contributed by atoms with Crippen LogP contribution in [0.3, 0.4) is 0 Å². The first-order valence-corrected chi connectivity index (χ1v) is 7.91. The highest BCUT2D eigenvalue weighted by Crippen LogP contribution is 2.34. The van der Waals surface area contributed by atoms with Crippen LogP contribution in [-0.2, 0) is 11.2 Å². The molecule has 1 aliphatic rings. The van der Waals surface area contributed by atoms with Crippen molar-refractivity contribution in [1.29, 1.82) is 0 Å². The molecule has 4 heteroatoms. The Morgan fingerprint density at radius 2 is 2.09 bits per heavy atom. The largest absolute Gasteiger partial charge is 0.441 e. The van der Waals surface area contributed by atoms with Crippen LogP contribution >= 0.6 is 0 Å². The van der Waals surface area contributed by atoms with E-state index < -0.39 is 0 Å². The minimum Gasteiger partial charge on any atom is -0.441 e. The first-order chi connectivity index (χ1) is 10.6. The molecule has 1 aliphatic carbocycles. The van der Waals surface area contributed by atoms with Crippen LogP contribution in [0.15, 0.2) is 40.9 Å². The summed E-state index contributed by atoms with van der Waals surface area (Å²) in [6, 6.07) is 10.2. The number of hydrogen-bond acceptors (Lipinski definition) is 3. The van der Waals surface area contributed by atoms with E-state index in [4.69, 9.17) is 4.42 Å². The predicted octanol–water partition coefficient (Wildman–Crippen LogP) is 3.53. The molecule has 1 atom stereocenters. The Hall–Kier alpha value is -2.10. The summed E-state index contributed by atoms with van der Waals surface area (Å²) >= 11 is 0. The Morgan fingerprint density at radius 1 is 1.36 bits per heavy atom. The molecule has 0 radical (unpaired) electrons. The van der Waals surface area contributed by atoms with E-state index in [1.165, 1.54) is 12.8 Å². The molecule has 4 nitrogen and oxygen atoms in total. The summed E-state index contributed by atoms with van der Waals surface area (Å²) in [6.45, 7) is 2.13. The van der Waals surface area contributed by atoms with E-state index in [0.29, 0.717) is 30.7 Å². The molecule has 1 fully saturated rings. The van der Waals surface area contributed by atoms with Gasteiger partial charge in [-0.15, -0.1) is 0 Å². The Morgan fingerprint density at radius 3 is 2.77 bits per heavy atom. The number of aryl methyl sites for hydroxylation is 1. The van der Waals surface area contributed by atoms with Crippen molar-refractivity contribution in [3.05, 3.63) is 42.4 Å². The molecule has 116 valence electrons. The zero-order chi connectivity index (χ0) is 15.5. The molecule has 0 spiro atoms. The van der Waals surface area contributed by atoms with Crippen molar-refractivity contribution in [2.24, 2.45) is 5.92 Å². The van der Waals surface area contributed by atoms with Gasteiger partial charge in [0.05, 0.1) is 6.20 Å². The highest BCUT2D eigenvalue weighted by Gasteiger charge is 2.32. The number of nitrogens with zero attached hydrogens (tertiary/aromatic N) is 2. The number of carbonyl (C=O) groups is 1. The fourth-order valence-electron chi connectivity index (χ4n) is 2.67. The first-order valence-electron chi connectivity index (χ1n) is 7.91. The van der Waals surface area contributed by atoms with Crippen molar-refractivity contribution < 1.29 is 9.21 Å². The lowest BCUT2D eigenvalue weighted by Crippen LogP contribution is -2.36. The molecule has 0 saturated heterocycles. The fourth-order valence-corrected chi connectivity index (χ4v) is 2.67. The van der Waals surface area contributed by atoms with Crippen molar-refractivity contribution in [1.82, 2.24) is 9.88 Å². The van der Waals surface area contributed by atoms with Crippen LogP contribution in [0.25, 0.3) is 11.3 Å². The third-order valence-electron chi connectivity index (χ3n) is 4.47. The maximum absolute atomic E-state index is 12.2. The smallest absolute Gasteiger partial charge is 0.223 e. The van der Waals surface area contributed by atoms with E-state index >= 15 is 0 Å². The third-order valence-corrected chi connectivity index (χ3v) is 4.47. The van der Waals surface area contributed by atoms with Crippen LogP contribution in [0.1, 0.15) is 32.1 Å². The topological polar surface area (TPSA) is 46.3 Å². The number of rotatable bonds is 6. The summed E-state index contributed by atoms with van der Waals surface area (Å²) < 4.78 is 5.74. The minimum absolute atomic E-state index is 0.166. The molecule has 1 saturated carbocycles. The van der Waals surface area contributed by atoms with Crippen LogP contribution in [0.5, 0.6) is 0 Å². The van der Waals surface area contributed by atoms with Gasteiger partial charge in [-0.25, -0.2) is 4.98 Å². The molecule has 1 amide bonds. The monoisotopic (exact) mass is 298 g/mol. The van der Waals surface area contributed by atoms with Crippen LogP contribution in [0.2, 0.25) is 0 Å². The van der Waals surface area contributed by atoms with E-state index in [9.17, 15) is 4.79 Å². The SMILES string of the molecule is CC(C1CC1)N(C)C(=O)CCc1ncc(-c2ccccc2)o1. The molecular weight excluding hydrogens is 276 g/mol. The maximum atomic E-state index is 12.2. The van der Waals surface area contributed by atoms with E-state index in [0.717, 1.165) is 11.3 Å². The van der Waals surface area contributed by atoms with Gasteiger partial charge in [0.25, 0.3) is 0 Å². The molecule has 1 unspecified atom stereocenters. The van der Waals surface area contributed by atoms with E-state index in [-0.39, 0.29) is 5.91 Å². The molecule has 0 aliphatic heterocycles. The second-order valence-corrected chi connectivity index (χ2v) is 6.07. The van der Waals surface area contributed by atoms with Gasteiger partial charge in [-0.2, -0.15) is 0 Å². The number of aromatic nitrogens is 1. The van der Waals surface area contributed by atoms with E-state index in [1.807, 2.05) is 42.3 Å². The second-order valence-electron chi connectivity index (χ2n) is 6.07. The molecule has 1 aromatic carbocycles. The Balaban J connectivity index is 1.55. The zero-order valence-electron chi connectivity index (χ0n) is 13.2. The lowest BCUT2D eigenvalue weighted by molar-refractivity contribution is -0.132. The van der Waals surface area contributed by atoms with Gasteiger partial charge in [0.15, 0.2) is 11.7 Å². The van der Waals surface area contributed by atoms with Gasteiger partial charge < -0.3 is 9.32 Å². The molecule has 0 N–H and O–H groups in total. The number of benzene rings is 1. The maximum Gasteiger partial charge on any atom is 0.223 e. The van der Waals surface area contributed by atoms with Crippen molar-refractivity contribution in [3.63, 3.8) is 0 Å². The van der Waals surface area contributed by atoms with Gasteiger partial charge in [0.2, 0.25) is 5.91 Å². The molecule has 0 bridgehead atoms. The lowest BCUT2D eigenvalue weighted by atomic mass is 10.1. The van der Waals surface area contributed by atoms with Crippen molar-refractivity contribution in [2.45, 2.75) is 38.6 Å². The minimum atomic E-state index is 0.166. The summed E-state index contributed by atoms with van der Waals surface area (Å²) in [7, 11) is 1.90. The standard InChI is InChI=1S/C18H22N2O2/c1-13(14-8-9-14)20(2)18(21)11-10-17-19-12-16(22-17)15-6-4-3-5-7-15/h3-7,12-14H,8-11H2,1-2H3. The van der Waals surface area contributed by atoms with Gasteiger partial charge in [-0.3, -0.25) is 4.79 Å². The average molecular weight is 298 g/mol. The van der Waals surface area contributed by atoms with Gasteiger partial charge in [0.1, 0.15) is 0 Å². The highest BCUT2D eigenvalue weighted by molar-refractivity contribution is 5.76. The summed E-state index contributed by atoms with van der Waals surface area (Å²) in [6.07, 6.45) is 5.22. The number of hydrogen-bond donors (Lipinski definition) is 0. The molecule has 2 aromatic rings. The molecule has 3 rings (SSSR count). The van der Waals surface area contributed by atoms with Crippen molar-refractivity contribution in [2.75, 3.05) is 7.05 Å². The second kappa shape index (κ2) is 6.34. The molecule has 22 heavy (non-hydrogen) atoms.